The molecule has 0 heterocycles. The van der Waals surface area contributed by atoms with Crippen molar-refractivity contribution in [1.82, 2.24) is 0 Å². The molecule has 0 aliphatic carbocycles. The van der Waals surface area contributed by atoms with E-state index in [0.29, 0.717) is 21.7 Å². The largest absolute Gasteiger partial charge is 0.0826 e. The van der Waals surface area contributed by atoms with E-state index >= 15 is 0 Å². The van der Waals surface area contributed by atoms with Crippen molar-refractivity contribution in [3.8, 4) is 0 Å². The minimum Gasteiger partial charge on any atom is -0.0826 e. The number of unbranched alkanes of at least 4 members (excludes halogenated alkanes) is 1. The maximum Gasteiger partial charge on any atom is -0.0203 e. The molecular formula is C28H66. The lowest BCUT2D eigenvalue weighted by Crippen LogP contribution is -2.04. The molecule has 0 heteroatoms. The quantitative estimate of drug-likeness (QED) is 0.382. The van der Waals surface area contributed by atoms with Crippen molar-refractivity contribution in [3.05, 3.63) is 24.3 Å². The van der Waals surface area contributed by atoms with E-state index in [1.807, 2.05) is 0 Å². The summed E-state index contributed by atoms with van der Waals surface area (Å²) >= 11 is 0. The van der Waals surface area contributed by atoms with Crippen LogP contribution in [-0.4, -0.2) is 0 Å². The molecule has 0 bridgehead atoms. The Labute approximate surface area is 185 Å². The van der Waals surface area contributed by atoms with Crippen LogP contribution in [0.2, 0.25) is 0 Å². The standard InChI is InChI=1S/2C10H20.C4H10.4CH4/c2*1-9(2,3)7-8-10(4,5)6;1-3-4-2;;;;/h2*7-8H,1-6H3;3-4H2,1-2H3;4*1H4/b8-7-;;;;;;. The molecule has 0 spiro atoms. The van der Waals surface area contributed by atoms with Gasteiger partial charge in [-0.2, -0.15) is 0 Å². The van der Waals surface area contributed by atoms with Crippen molar-refractivity contribution in [2.75, 3.05) is 0 Å². The molecule has 0 radical (unpaired) electrons. The zero-order chi connectivity index (χ0) is 20.2. The molecule has 0 saturated heterocycles. The van der Waals surface area contributed by atoms with Gasteiger partial charge in [0.2, 0.25) is 0 Å². The molecule has 0 saturated carbocycles. The predicted molar refractivity (Wildman–Crippen MR) is 144 cm³/mol. The molecular weight excluding hydrogens is 336 g/mol. The van der Waals surface area contributed by atoms with Crippen LogP contribution in [0, 0.1) is 21.7 Å². The first-order chi connectivity index (χ1) is 10.3. The molecule has 0 aromatic heterocycles. The number of rotatable bonds is 1. The molecule has 0 fully saturated rings. The Morgan fingerprint density at radius 2 is 0.464 bits per heavy atom. The van der Waals surface area contributed by atoms with Crippen LogP contribution in [0.4, 0.5) is 0 Å². The zero-order valence-electron chi connectivity index (χ0n) is 19.7. The second-order valence-corrected chi connectivity index (χ2v) is 11.1. The van der Waals surface area contributed by atoms with Crippen LogP contribution >= 0.6 is 0 Å². The predicted octanol–water partition coefficient (Wildman–Crippen LogP) is 11.6. The molecule has 0 nitrogen and oxygen atoms in total. The molecule has 28 heavy (non-hydrogen) atoms. The molecule has 0 aliphatic rings. The second kappa shape index (κ2) is 19.8. The van der Waals surface area contributed by atoms with Crippen molar-refractivity contribution in [2.24, 2.45) is 21.7 Å². The Balaban J connectivity index is -0.0000000472. The van der Waals surface area contributed by atoms with Crippen LogP contribution in [0.25, 0.3) is 0 Å². The smallest absolute Gasteiger partial charge is 0.0203 e. The molecule has 0 N–H and O–H groups in total. The van der Waals surface area contributed by atoms with Crippen LogP contribution in [0.5, 0.6) is 0 Å². The zero-order valence-corrected chi connectivity index (χ0v) is 19.7. The van der Waals surface area contributed by atoms with E-state index in [9.17, 15) is 0 Å². The molecule has 0 amide bonds. The van der Waals surface area contributed by atoms with Crippen LogP contribution in [0.1, 0.15) is 139 Å². The normalized spacial score (nSPS) is 11.5. The third kappa shape index (κ3) is 72.8. The van der Waals surface area contributed by atoms with E-state index in [2.05, 4.69) is 121 Å². The van der Waals surface area contributed by atoms with Crippen LogP contribution in [0.3, 0.4) is 0 Å². The fourth-order valence-electron chi connectivity index (χ4n) is 1.00. The maximum absolute atomic E-state index is 2.27. The third-order valence-corrected chi connectivity index (χ3v) is 2.67. The number of hydrogen-bond acceptors (Lipinski definition) is 0. The van der Waals surface area contributed by atoms with Crippen molar-refractivity contribution in [2.45, 2.75) is 139 Å². The summed E-state index contributed by atoms with van der Waals surface area (Å²) < 4.78 is 0. The van der Waals surface area contributed by atoms with Gasteiger partial charge in [0.1, 0.15) is 0 Å². The third-order valence-electron chi connectivity index (χ3n) is 2.67. The number of hydrogen-bond donors (Lipinski definition) is 0. The fourth-order valence-corrected chi connectivity index (χ4v) is 1.00. The molecule has 0 unspecified atom stereocenters. The van der Waals surface area contributed by atoms with Gasteiger partial charge < -0.3 is 0 Å². The highest BCUT2D eigenvalue weighted by Gasteiger charge is 2.09. The summed E-state index contributed by atoms with van der Waals surface area (Å²) in [4.78, 5) is 0. The van der Waals surface area contributed by atoms with Crippen molar-refractivity contribution in [3.63, 3.8) is 0 Å². The topological polar surface area (TPSA) is 0 Å². The Bertz CT molecular complexity index is 258. The minimum absolute atomic E-state index is 0. The summed E-state index contributed by atoms with van der Waals surface area (Å²) in [5.41, 5.74) is 1.31. The highest BCUT2D eigenvalue weighted by molar-refractivity contribution is 4.99. The first-order valence-electron chi connectivity index (χ1n) is 9.74. The Morgan fingerprint density at radius 3 is 0.500 bits per heavy atom. The van der Waals surface area contributed by atoms with E-state index in [0.717, 1.165) is 0 Å². The second-order valence-electron chi connectivity index (χ2n) is 11.1. The van der Waals surface area contributed by atoms with Crippen LogP contribution < -0.4 is 0 Å². The van der Waals surface area contributed by atoms with Crippen molar-refractivity contribution < 1.29 is 0 Å². The van der Waals surface area contributed by atoms with Gasteiger partial charge in [0.25, 0.3) is 0 Å². The first kappa shape index (κ1) is 45.9. The van der Waals surface area contributed by atoms with Gasteiger partial charge in [0, 0.05) is 0 Å². The monoisotopic (exact) mass is 403 g/mol. The van der Waals surface area contributed by atoms with Gasteiger partial charge in [-0.15, -0.1) is 0 Å². The average Bonchev–Trinajstić information content (AvgIpc) is 2.32. The molecule has 0 aromatic carbocycles. The first-order valence-corrected chi connectivity index (χ1v) is 9.74. The van der Waals surface area contributed by atoms with Gasteiger partial charge in [0.05, 0.1) is 0 Å². The van der Waals surface area contributed by atoms with Crippen molar-refractivity contribution in [1.29, 1.82) is 0 Å². The Morgan fingerprint density at radius 1 is 0.357 bits per heavy atom. The molecule has 0 rings (SSSR count). The summed E-state index contributed by atoms with van der Waals surface area (Å²) in [6.07, 6.45) is 11.7. The van der Waals surface area contributed by atoms with E-state index in [-0.39, 0.29) is 29.7 Å². The molecule has 0 aromatic rings. The van der Waals surface area contributed by atoms with Gasteiger partial charge in [-0.3, -0.25) is 0 Å². The minimum atomic E-state index is 0. The fraction of sp³-hybridized carbons (Fsp3) is 0.857. The van der Waals surface area contributed by atoms with Gasteiger partial charge >= 0.3 is 0 Å². The van der Waals surface area contributed by atoms with E-state index in [1.54, 1.807) is 0 Å². The lowest BCUT2D eigenvalue weighted by molar-refractivity contribution is 0.502. The summed E-state index contributed by atoms with van der Waals surface area (Å²) in [6.45, 7) is 31.0. The van der Waals surface area contributed by atoms with Crippen LogP contribution in [-0.2, 0) is 0 Å². The van der Waals surface area contributed by atoms with Crippen LogP contribution in [0.15, 0.2) is 24.3 Å². The Hall–Kier alpha value is -0.520. The number of allylic oxidation sites excluding steroid dienone is 4. The average molecular weight is 403 g/mol. The highest BCUT2D eigenvalue weighted by Crippen LogP contribution is 2.22. The van der Waals surface area contributed by atoms with Gasteiger partial charge in [-0.05, 0) is 21.7 Å². The molecule has 178 valence electrons. The van der Waals surface area contributed by atoms with Gasteiger partial charge in [-0.25, -0.2) is 0 Å². The summed E-state index contributed by atoms with van der Waals surface area (Å²) in [7, 11) is 0. The summed E-state index contributed by atoms with van der Waals surface area (Å²) in [6, 6.07) is 0. The Kier molecular flexibility index (Phi) is 32.5. The lowest BCUT2D eigenvalue weighted by atomic mass is 9.89. The lowest BCUT2D eigenvalue weighted by Gasteiger charge is -2.17. The van der Waals surface area contributed by atoms with Gasteiger partial charge in [0.15, 0.2) is 0 Å². The van der Waals surface area contributed by atoms with E-state index < -0.39 is 0 Å². The highest BCUT2D eigenvalue weighted by atomic mass is 14.1. The molecule has 0 atom stereocenters. The summed E-state index contributed by atoms with van der Waals surface area (Å²) in [5, 5.41) is 0. The summed E-state index contributed by atoms with van der Waals surface area (Å²) in [5.74, 6) is 0. The van der Waals surface area contributed by atoms with Gasteiger partial charge in [-0.1, -0.05) is 164 Å². The molecule has 0 aliphatic heterocycles. The maximum atomic E-state index is 2.27. The SMILES string of the molecule is C.C.C.C.CC(C)(C)/C=C\C(C)(C)C.CC(C)(C)C=CC(C)(C)C.CCCC. The van der Waals surface area contributed by atoms with Crippen molar-refractivity contribution >= 4 is 0 Å². The van der Waals surface area contributed by atoms with E-state index in [1.165, 1.54) is 12.8 Å². The van der Waals surface area contributed by atoms with E-state index in [4.69, 9.17) is 0 Å².